The number of benzene rings is 1. The molecule has 0 unspecified atom stereocenters. The van der Waals surface area contributed by atoms with Crippen LogP contribution in [0.5, 0.6) is 0 Å². The van der Waals surface area contributed by atoms with Crippen LogP contribution in [0.25, 0.3) is 11.1 Å². The van der Waals surface area contributed by atoms with Crippen molar-refractivity contribution in [2.24, 2.45) is 34.0 Å². The van der Waals surface area contributed by atoms with Crippen molar-refractivity contribution in [3.05, 3.63) is 52.2 Å². The normalized spacial score (nSPS) is 18.9. The number of hydrogen-bond donors (Lipinski definition) is 9. The lowest BCUT2D eigenvalue weighted by atomic mass is 9.95. The zero-order valence-electron chi connectivity index (χ0n) is 33.5. The second-order valence-corrected chi connectivity index (χ2v) is 16.8. The molecule has 298 valence electrons. The number of aromatic amines is 1. The number of aliphatic imine (C=N–C) groups is 1. The summed E-state index contributed by atoms with van der Waals surface area (Å²) in [7, 11) is 0. The first-order valence-electron chi connectivity index (χ1n) is 19.4. The van der Waals surface area contributed by atoms with Crippen molar-refractivity contribution >= 4 is 12.0 Å². The van der Waals surface area contributed by atoms with Crippen molar-refractivity contribution in [3.63, 3.8) is 0 Å². The van der Waals surface area contributed by atoms with Crippen LogP contribution in [-0.4, -0.2) is 103 Å². The number of H-pyrrole nitrogens is 1. The number of aromatic nitrogens is 2. The molecule has 0 radical (unpaired) electrons. The van der Waals surface area contributed by atoms with E-state index in [0.717, 1.165) is 82.2 Å². The van der Waals surface area contributed by atoms with Gasteiger partial charge in [0.15, 0.2) is 5.96 Å². The fourth-order valence-corrected chi connectivity index (χ4v) is 6.53. The lowest BCUT2D eigenvalue weighted by Crippen LogP contribution is -2.50. The van der Waals surface area contributed by atoms with E-state index in [2.05, 4.69) is 53.4 Å². The Bertz CT molecular complexity index is 1450. The third-order valence-electron chi connectivity index (χ3n) is 9.48. The summed E-state index contributed by atoms with van der Waals surface area (Å²) in [5, 5.41) is 16.6. The summed E-state index contributed by atoms with van der Waals surface area (Å²) < 4.78 is 0. The minimum absolute atomic E-state index is 0.0670. The van der Waals surface area contributed by atoms with Gasteiger partial charge in [0.1, 0.15) is 5.82 Å². The van der Waals surface area contributed by atoms with Gasteiger partial charge < -0.3 is 48.8 Å². The Balaban J connectivity index is 0.000000286. The quantitative estimate of drug-likeness (QED) is 0.0738. The van der Waals surface area contributed by atoms with Gasteiger partial charge in [0, 0.05) is 62.0 Å². The van der Waals surface area contributed by atoms with Crippen molar-refractivity contribution < 1.29 is 4.79 Å². The van der Waals surface area contributed by atoms with Gasteiger partial charge in [-0.2, -0.15) is 0 Å². The smallest absolute Gasteiger partial charge is 0.315 e. The zero-order chi connectivity index (χ0) is 39.0. The van der Waals surface area contributed by atoms with E-state index in [9.17, 15) is 9.59 Å². The van der Waals surface area contributed by atoms with Crippen molar-refractivity contribution in [2.75, 3.05) is 58.9 Å². The fraction of sp³-hybridized carbons (Fsp3) is 0.692. The molecule has 53 heavy (non-hydrogen) atoms. The topological polar surface area (TPSA) is 217 Å². The number of likely N-dealkylation sites (tertiary alicyclic amines) is 1. The Morgan fingerprint density at radius 2 is 1.75 bits per heavy atom. The van der Waals surface area contributed by atoms with Crippen molar-refractivity contribution in [1.82, 2.24) is 41.5 Å². The van der Waals surface area contributed by atoms with Crippen LogP contribution in [0.15, 0.2) is 40.2 Å². The Hall–Kier alpha value is -3.56. The number of carbonyl (C=O) groups is 1. The molecule has 0 aliphatic carbocycles. The zero-order valence-corrected chi connectivity index (χ0v) is 33.5. The molecule has 1 aromatic carbocycles. The molecule has 3 heterocycles. The first-order valence-corrected chi connectivity index (χ1v) is 19.4. The maximum absolute atomic E-state index is 12.4. The number of carbonyl (C=O) groups excluding carboxylic acids is 1. The number of amides is 2. The van der Waals surface area contributed by atoms with E-state index < -0.39 is 0 Å². The van der Waals surface area contributed by atoms with Gasteiger partial charge in [-0.05, 0) is 102 Å². The number of rotatable bonds is 15. The second-order valence-electron chi connectivity index (χ2n) is 16.8. The molecule has 14 heteroatoms. The van der Waals surface area contributed by atoms with Crippen LogP contribution in [0.2, 0.25) is 0 Å². The number of nitrogens with one attached hydrogen (secondary N) is 6. The monoisotopic (exact) mass is 739 g/mol. The molecular weight excluding hydrogens is 669 g/mol. The predicted molar refractivity (Wildman–Crippen MR) is 218 cm³/mol. The van der Waals surface area contributed by atoms with Crippen LogP contribution < -0.4 is 49.3 Å². The molecule has 2 aliphatic rings. The van der Waals surface area contributed by atoms with Gasteiger partial charge in [-0.1, -0.05) is 52.0 Å². The standard InChI is InChI=1S/C20H42N6O.C19H28N6O/c1-15(10-21)13-26-14-17(24-19(27)25-20(2,3)4)9-18(26)12-23-11-16-5-7-22-8-6-16;1-19(2,3)17-24-12-15(16(26)25-17)14-7-5-13(6-8-14)11-22-9-4-10-23-18(20)21/h15-18,22-23H,5-14,21H2,1-4H3,(H2,24,25,27);5-8,12,22H,4,9-11H2,1-3H3,(H4,20,21,23)(H,24,25,26)/t15-,17+,18-;/m0./s1. The van der Waals surface area contributed by atoms with Gasteiger partial charge in [0.2, 0.25) is 0 Å². The molecule has 2 fully saturated rings. The highest BCUT2D eigenvalue weighted by Gasteiger charge is 2.33. The lowest BCUT2D eigenvalue weighted by Gasteiger charge is -2.28. The van der Waals surface area contributed by atoms with Crippen molar-refractivity contribution in [2.45, 2.75) is 104 Å². The van der Waals surface area contributed by atoms with Crippen LogP contribution in [0.1, 0.15) is 85.5 Å². The van der Waals surface area contributed by atoms with Crippen LogP contribution in [-0.2, 0) is 12.0 Å². The van der Waals surface area contributed by atoms with E-state index in [-0.39, 0.29) is 34.5 Å². The SMILES string of the molecule is CC(C)(C)c1ncc(-c2ccc(CNCCCN=C(N)N)cc2)c(=O)[nH]1.C[C@@H](CN)CN1C[C@H](NC(=O)NC(C)(C)C)C[C@H]1CNCC1CCNCC1. The first kappa shape index (κ1) is 43.8. The average molecular weight is 739 g/mol. The maximum Gasteiger partial charge on any atom is 0.315 e. The molecule has 2 saturated heterocycles. The lowest BCUT2D eigenvalue weighted by molar-refractivity contribution is 0.210. The summed E-state index contributed by atoms with van der Waals surface area (Å²) in [4.78, 5) is 38.3. The van der Waals surface area contributed by atoms with Crippen LogP contribution in [0.3, 0.4) is 0 Å². The summed E-state index contributed by atoms with van der Waals surface area (Å²) in [6.45, 7) is 23.4. The van der Waals surface area contributed by atoms with Crippen LogP contribution in [0.4, 0.5) is 4.79 Å². The molecule has 14 nitrogen and oxygen atoms in total. The maximum atomic E-state index is 12.4. The van der Waals surface area contributed by atoms with E-state index in [0.29, 0.717) is 36.4 Å². The number of hydrogen-bond acceptors (Lipinski definition) is 9. The van der Waals surface area contributed by atoms with Gasteiger partial charge in [-0.15, -0.1) is 0 Å². The molecule has 1 aromatic heterocycles. The van der Waals surface area contributed by atoms with Gasteiger partial charge in [-0.3, -0.25) is 14.7 Å². The molecular formula is C39H70N12O2. The number of nitrogens with zero attached hydrogens (tertiary/aromatic N) is 3. The average Bonchev–Trinajstić information content (AvgIpc) is 3.45. The number of nitrogens with two attached hydrogens (primary N) is 3. The molecule has 3 atom stereocenters. The summed E-state index contributed by atoms with van der Waals surface area (Å²) in [5.74, 6) is 2.07. The summed E-state index contributed by atoms with van der Waals surface area (Å²) in [5.41, 5.74) is 18.5. The molecule has 0 spiro atoms. The minimum atomic E-state index is -0.216. The highest BCUT2D eigenvalue weighted by Crippen LogP contribution is 2.21. The molecule has 0 saturated carbocycles. The molecule has 2 aliphatic heterocycles. The van der Waals surface area contributed by atoms with Gasteiger partial charge in [-0.25, -0.2) is 9.78 Å². The van der Waals surface area contributed by atoms with Gasteiger partial charge in [0.05, 0.1) is 5.56 Å². The first-order chi connectivity index (χ1) is 25.0. The van der Waals surface area contributed by atoms with Crippen LogP contribution >= 0.6 is 0 Å². The Kier molecular flexibility index (Phi) is 17.7. The largest absolute Gasteiger partial charge is 0.370 e. The summed E-state index contributed by atoms with van der Waals surface area (Å²) in [6, 6.07) is 8.50. The summed E-state index contributed by atoms with van der Waals surface area (Å²) in [6.07, 6.45) is 6.05. The van der Waals surface area contributed by atoms with Gasteiger partial charge >= 0.3 is 6.03 Å². The molecule has 12 N–H and O–H groups in total. The minimum Gasteiger partial charge on any atom is -0.370 e. The number of urea groups is 1. The Labute approximate surface area is 317 Å². The van der Waals surface area contributed by atoms with Crippen LogP contribution in [0, 0.1) is 11.8 Å². The highest BCUT2D eigenvalue weighted by molar-refractivity contribution is 5.75. The second kappa shape index (κ2) is 21.4. The van der Waals surface area contributed by atoms with E-state index in [1.54, 1.807) is 6.20 Å². The Morgan fingerprint density at radius 3 is 2.36 bits per heavy atom. The number of piperidine rings is 1. The van der Waals surface area contributed by atoms with E-state index in [1.807, 2.05) is 65.8 Å². The molecule has 2 aromatic rings. The predicted octanol–water partition coefficient (Wildman–Crippen LogP) is 2.20. The van der Waals surface area contributed by atoms with Crippen molar-refractivity contribution in [3.8, 4) is 11.1 Å². The number of guanidine groups is 1. The third kappa shape index (κ3) is 16.6. The molecule has 4 rings (SSSR count). The molecule has 0 bridgehead atoms. The van der Waals surface area contributed by atoms with E-state index >= 15 is 0 Å². The van der Waals surface area contributed by atoms with E-state index in [1.165, 1.54) is 12.8 Å². The Morgan fingerprint density at radius 1 is 1.06 bits per heavy atom. The van der Waals surface area contributed by atoms with Crippen molar-refractivity contribution in [1.29, 1.82) is 0 Å². The third-order valence-corrected chi connectivity index (χ3v) is 9.48. The van der Waals surface area contributed by atoms with Gasteiger partial charge in [0.25, 0.3) is 5.56 Å². The fourth-order valence-electron chi connectivity index (χ4n) is 6.53. The highest BCUT2D eigenvalue weighted by atomic mass is 16.2. The van der Waals surface area contributed by atoms with E-state index in [4.69, 9.17) is 17.2 Å². The summed E-state index contributed by atoms with van der Waals surface area (Å²) >= 11 is 0. The molecule has 2 amide bonds.